The second-order valence-corrected chi connectivity index (χ2v) is 10.7. The van der Waals surface area contributed by atoms with Crippen molar-refractivity contribution in [2.45, 2.75) is 43.9 Å². The summed E-state index contributed by atoms with van der Waals surface area (Å²) in [6.07, 6.45) is -6.16. The Labute approximate surface area is 222 Å². The van der Waals surface area contributed by atoms with Crippen molar-refractivity contribution in [3.05, 3.63) is 83.6 Å². The predicted octanol–water partition coefficient (Wildman–Crippen LogP) is 6.93. The van der Waals surface area contributed by atoms with Crippen LogP contribution >= 0.6 is 0 Å². The number of hydrogen-bond acceptors (Lipinski definition) is 3. The summed E-state index contributed by atoms with van der Waals surface area (Å²) in [6, 6.07) is 8.34. The van der Waals surface area contributed by atoms with E-state index in [0.29, 0.717) is 41.7 Å². The first-order chi connectivity index (χ1) is 18.3. The molecule has 4 heterocycles. The van der Waals surface area contributed by atoms with Gasteiger partial charge >= 0.3 is 12.4 Å². The van der Waals surface area contributed by atoms with Gasteiger partial charge in [0.25, 0.3) is 0 Å². The molecule has 208 valence electrons. The van der Waals surface area contributed by atoms with Crippen molar-refractivity contribution in [2.75, 3.05) is 20.2 Å². The molecule has 2 aromatic carbocycles. The minimum absolute atomic E-state index is 0.0457. The molecule has 10 heteroatoms. The van der Waals surface area contributed by atoms with Crippen LogP contribution in [0.1, 0.15) is 41.2 Å². The molecule has 3 fully saturated rings. The summed E-state index contributed by atoms with van der Waals surface area (Å²) in [5.74, 6) is 0.843. The lowest BCUT2D eigenvalue weighted by Gasteiger charge is -2.58. The Morgan fingerprint density at radius 1 is 1.08 bits per heavy atom. The average molecular weight is 552 g/mol. The summed E-state index contributed by atoms with van der Waals surface area (Å²) in [6.45, 7) is 4.86. The van der Waals surface area contributed by atoms with Crippen LogP contribution in [0.25, 0.3) is 10.9 Å². The molecule has 5 atom stereocenters. The van der Waals surface area contributed by atoms with E-state index in [1.54, 1.807) is 30.5 Å². The summed E-state index contributed by atoms with van der Waals surface area (Å²) >= 11 is 0. The highest BCUT2D eigenvalue weighted by Gasteiger charge is 2.54. The first-order valence-corrected chi connectivity index (χ1v) is 12.7. The van der Waals surface area contributed by atoms with Crippen molar-refractivity contribution in [1.82, 2.24) is 4.98 Å². The number of nitrogens with zero attached hydrogens (tertiary/aromatic N) is 2. The molecule has 0 spiro atoms. The van der Waals surface area contributed by atoms with Crippen LogP contribution in [0.15, 0.2) is 61.3 Å². The van der Waals surface area contributed by atoms with Gasteiger partial charge in [0.2, 0.25) is 0 Å². The standard InChI is InChI=1S/C29H29F6N2O2/c1-3-18-16-37(15-17-10-20(28(30,31)32)13-21(11-17)29(33,34)35)9-7-19(18)12-26(37)27(38)23-6-8-36-25-5-4-22(39-2)14-24(23)25/h3-6,8,10-11,13-14,18-19,26-27,38H,1,7,9,12,15-16H2,2H3/q+1. The molecule has 3 aliphatic heterocycles. The molecular weight excluding hydrogens is 522 g/mol. The second kappa shape index (κ2) is 9.82. The Morgan fingerprint density at radius 3 is 2.38 bits per heavy atom. The highest BCUT2D eigenvalue weighted by atomic mass is 19.4. The summed E-state index contributed by atoms with van der Waals surface area (Å²) in [5.41, 5.74) is -1.47. The lowest BCUT2D eigenvalue weighted by molar-refractivity contribution is -0.984. The topological polar surface area (TPSA) is 42.4 Å². The molecule has 0 radical (unpaired) electrons. The van der Waals surface area contributed by atoms with E-state index in [0.717, 1.165) is 18.6 Å². The lowest BCUT2D eigenvalue weighted by atomic mass is 9.71. The number of alkyl halides is 6. The number of piperidine rings is 3. The van der Waals surface area contributed by atoms with Crippen LogP contribution in [0, 0.1) is 11.8 Å². The second-order valence-electron chi connectivity index (χ2n) is 10.7. The Balaban J connectivity index is 1.60. The molecule has 1 N–H and O–H groups in total. The third-order valence-corrected chi connectivity index (χ3v) is 8.49. The van der Waals surface area contributed by atoms with Crippen molar-refractivity contribution in [1.29, 1.82) is 0 Å². The maximum absolute atomic E-state index is 13.6. The van der Waals surface area contributed by atoms with Crippen LogP contribution in [0.3, 0.4) is 0 Å². The lowest BCUT2D eigenvalue weighted by Crippen LogP contribution is -2.67. The van der Waals surface area contributed by atoms with Gasteiger partial charge in [-0.1, -0.05) is 6.08 Å². The van der Waals surface area contributed by atoms with E-state index in [1.807, 2.05) is 6.08 Å². The molecule has 5 unspecified atom stereocenters. The monoisotopic (exact) mass is 551 g/mol. The SMILES string of the molecule is C=CC1C[N+]2(Cc3cc(C(F)(F)F)cc(C(F)(F)F)c3)CCC1CC2C(O)c1ccnc2ccc(OC)cc12. The van der Waals surface area contributed by atoms with E-state index in [2.05, 4.69) is 11.6 Å². The first-order valence-electron chi connectivity index (χ1n) is 12.7. The molecule has 1 aromatic heterocycles. The summed E-state index contributed by atoms with van der Waals surface area (Å²) in [7, 11) is 1.53. The van der Waals surface area contributed by atoms with E-state index in [9.17, 15) is 31.4 Å². The number of rotatable bonds is 6. The largest absolute Gasteiger partial charge is 0.497 e. The van der Waals surface area contributed by atoms with E-state index in [-0.39, 0.29) is 34.5 Å². The number of ether oxygens (including phenoxy) is 1. The number of hydrogen-bond donors (Lipinski definition) is 1. The number of pyridine rings is 1. The van der Waals surface area contributed by atoms with Crippen LogP contribution in [0.5, 0.6) is 5.75 Å². The summed E-state index contributed by atoms with van der Waals surface area (Å²) in [5, 5.41) is 12.5. The maximum Gasteiger partial charge on any atom is 0.416 e. The van der Waals surface area contributed by atoms with Crippen LogP contribution in [0.4, 0.5) is 26.3 Å². The number of methoxy groups -OCH3 is 1. The highest BCUT2D eigenvalue weighted by molar-refractivity contribution is 5.83. The number of aromatic nitrogens is 1. The number of halogens is 6. The Hall–Kier alpha value is -3.11. The Morgan fingerprint density at radius 2 is 1.77 bits per heavy atom. The van der Waals surface area contributed by atoms with Crippen LogP contribution in [-0.2, 0) is 18.9 Å². The van der Waals surface area contributed by atoms with Crippen molar-refractivity contribution < 1.29 is 40.7 Å². The summed E-state index contributed by atoms with van der Waals surface area (Å²) < 4.78 is 87.2. The molecule has 39 heavy (non-hydrogen) atoms. The van der Waals surface area contributed by atoms with Crippen molar-refractivity contribution in [3.63, 3.8) is 0 Å². The number of quaternary nitrogens is 1. The van der Waals surface area contributed by atoms with Gasteiger partial charge in [-0.05, 0) is 53.9 Å². The van der Waals surface area contributed by atoms with Crippen molar-refractivity contribution >= 4 is 10.9 Å². The van der Waals surface area contributed by atoms with Gasteiger partial charge in [0.1, 0.15) is 24.4 Å². The van der Waals surface area contributed by atoms with Gasteiger partial charge in [0.15, 0.2) is 0 Å². The van der Waals surface area contributed by atoms with Gasteiger partial charge in [-0.2, -0.15) is 26.3 Å². The number of aliphatic hydroxyl groups is 1. The van der Waals surface area contributed by atoms with Crippen LogP contribution < -0.4 is 4.74 Å². The zero-order chi connectivity index (χ0) is 28.2. The zero-order valence-electron chi connectivity index (χ0n) is 21.3. The fraction of sp³-hybridized carbons (Fsp3) is 0.414. The van der Waals surface area contributed by atoms with Crippen molar-refractivity contribution in [3.8, 4) is 5.75 Å². The van der Waals surface area contributed by atoms with Crippen LogP contribution in [0.2, 0.25) is 0 Å². The first kappa shape index (κ1) is 27.5. The number of fused-ring (bicyclic) bond motifs is 4. The Bertz CT molecular complexity index is 1360. The maximum atomic E-state index is 13.6. The molecule has 6 rings (SSSR count). The fourth-order valence-electron chi connectivity index (χ4n) is 6.59. The van der Waals surface area contributed by atoms with E-state index in [4.69, 9.17) is 4.74 Å². The molecule has 3 aliphatic rings. The normalized spacial score (nSPS) is 26.0. The predicted molar refractivity (Wildman–Crippen MR) is 134 cm³/mol. The molecular formula is C29H29F6N2O2+. The highest BCUT2D eigenvalue weighted by Crippen LogP contribution is 2.48. The minimum Gasteiger partial charge on any atom is -0.497 e. The molecule has 0 aliphatic carbocycles. The minimum atomic E-state index is -4.93. The molecule has 3 saturated heterocycles. The van der Waals surface area contributed by atoms with E-state index in [1.165, 1.54) is 7.11 Å². The van der Waals surface area contributed by atoms with Gasteiger partial charge < -0.3 is 14.3 Å². The van der Waals surface area contributed by atoms with E-state index < -0.39 is 35.6 Å². The third kappa shape index (κ3) is 5.12. The molecule has 4 nitrogen and oxygen atoms in total. The smallest absolute Gasteiger partial charge is 0.416 e. The van der Waals surface area contributed by atoms with Crippen LogP contribution in [-0.4, -0.2) is 40.8 Å². The summed E-state index contributed by atoms with van der Waals surface area (Å²) in [4.78, 5) is 4.37. The average Bonchev–Trinajstić information content (AvgIpc) is 2.90. The zero-order valence-corrected chi connectivity index (χ0v) is 21.3. The number of benzene rings is 2. The fourth-order valence-corrected chi connectivity index (χ4v) is 6.59. The van der Waals surface area contributed by atoms with Gasteiger partial charge in [-0.3, -0.25) is 4.98 Å². The molecule has 0 saturated carbocycles. The van der Waals surface area contributed by atoms with Crippen molar-refractivity contribution in [2.24, 2.45) is 11.8 Å². The number of aliphatic hydroxyl groups excluding tert-OH is 1. The van der Waals surface area contributed by atoms with Gasteiger partial charge in [0, 0.05) is 35.9 Å². The van der Waals surface area contributed by atoms with Gasteiger partial charge in [-0.25, -0.2) is 0 Å². The molecule has 3 aromatic rings. The van der Waals surface area contributed by atoms with Gasteiger partial charge in [-0.15, -0.1) is 6.58 Å². The Kier molecular flexibility index (Phi) is 6.91. The quantitative estimate of drug-likeness (QED) is 0.205. The molecule has 2 bridgehead atoms. The molecule has 0 amide bonds. The third-order valence-electron chi connectivity index (χ3n) is 8.49. The van der Waals surface area contributed by atoms with Gasteiger partial charge in [0.05, 0.1) is 36.8 Å². The van der Waals surface area contributed by atoms with E-state index >= 15 is 0 Å².